The van der Waals surface area contributed by atoms with E-state index in [1.54, 1.807) is 17.7 Å². The van der Waals surface area contributed by atoms with Crippen LogP contribution in [0.5, 0.6) is 0 Å². The zero-order valence-electron chi connectivity index (χ0n) is 20.0. The minimum Gasteiger partial charge on any atom is -0.276 e. The summed E-state index contributed by atoms with van der Waals surface area (Å²) in [6.45, 7) is 0. The number of hydrogen-bond acceptors (Lipinski definition) is 6. The van der Waals surface area contributed by atoms with Gasteiger partial charge >= 0.3 is 0 Å². The molecule has 0 spiro atoms. The standard InChI is InChI=1S/C31H18N6S/c1-3-9-19(10-4-1)29-34-30(20-11-5-2-6-12-20)36-31(35-29)37-24-14-8-7-13-21(24)22-15-16-23-26-25(17-32-18-33-26)38-28(23)27(22)37/h1-18H. The van der Waals surface area contributed by atoms with Gasteiger partial charge in [0.1, 0.15) is 6.33 Å². The van der Waals surface area contributed by atoms with Crippen LogP contribution in [0.3, 0.4) is 0 Å². The first kappa shape index (κ1) is 21.1. The van der Waals surface area contributed by atoms with Crippen LogP contribution in [0.4, 0.5) is 0 Å². The third-order valence-corrected chi connectivity index (χ3v) is 7.96. The normalized spacial score (nSPS) is 11.7. The average molecular weight is 507 g/mol. The topological polar surface area (TPSA) is 69.4 Å². The van der Waals surface area contributed by atoms with Crippen molar-refractivity contribution in [2.45, 2.75) is 0 Å². The van der Waals surface area contributed by atoms with Gasteiger partial charge in [0.15, 0.2) is 11.6 Å². The number of benzene rings is 4. The highest BCUT2D eigenvalue weighted by atomic mass is 32.1. The SMILES string of the molecule is c1ccc(-c2nc(-c3ccccc3)nc(-n3c4ccccc4c4ccc5c6ncncc6sc5c43)n2)cc1. The fourth-order valence-electron chi connectivity index (χ4n) is 5.13. The van der Waals surface area contributed by atoms with Gasteiger partial charge in [-0.05, 0) is 6.07 Å². The second-order valence-electron chi connectivity index (χ2n) is 9.04. The molecule has 4 aromatic heterocycles. The Morgan fingerprint density at radius 2 is 1.26 bits per heavy atom. The van der Waals surface area contributed by atoms with E-state index in [9.17, 15) is 0 Å². The van der Waals surface area contributed by atoms with Gasteiger partial charge in [0, 0.05) is 33.5 Å². The Hall–Kier alpha value is -5.01. The van der Waals surface area contributed by atoms with Crippen LogP contribution in [0.2, 0.25) is 0 Å². The van der Waals surface area contributed by atoms with E-state index in [1.165, 1.54) is 0 Å². The summed E-state index contributed by atoms with van der Waals surface area (Å²) in [4.78, 5) is 23.8. The number of hydrogen-bond donors (Lipinski definition) is 0. The van der Waals surface area contributed by atoms with Crippen molar-refractivity contribution >= 4 is 53.4 Å². The van der Waals surface area contributed by atoms with Gasteiger partial charge in [0.2, 0.25) is 5.95 Å². The molecule has 4 heterocycles. The quantitative estimate of drug-likeness (QED) is 0.249. The molecule has 7 heteroatoms. The van der Waals surface area contributed by atoms with E-state index in [2.05, 4.69) is 50.9 Å². The monoisotopic (exact) mass is 506 g/mol. The van der Waals surface area contributed by atoms with E-state index in [1.807, 2.05) is 66.9 Å². The van der Waals surface area contributed by atoms with E-state index >= 15 is 0 Å². The Labute approximate surface area is 220 Å². The largest absolute Gasteiger partial charge is 0.276 e. The van der Waals surface area contributed by atoms with Crippen LogP contribution < -0.4 is 0 Å². The molecule has 0 amide bonds. The molecule has 0 radical (unpaired) electrons. The smallest absolute Gasteiger partial charge is 0.238 e. The summed E-state index contributed by atoms with van der Waals surface area (Å²) in [6, 6.07) is 32.9. The molecule has 0 bridgehead atoms. The first-order valence-corrected chi connectivity index (χ1v) is 13.1. The molecule has 0 saturated heterocycles. The zero-order valence-corrected chi connectivity index (χ0v) is 20.8. The summed E-state index contributed by atoms with van der Waals surface area (Å²) < 4.78 is 4.37. The second-order valence-corrected chi connectivity index (χ2v) is 10.1. The van der Waals surface area contributed by atoms with Gasteiger partial charge in [0.05, 0.1) is 25.9 Å². The molecule has 0 saturated carbocycles. The van der Waals surface area contributed by atoms with Crippen LogP contribution in [-0.2, 0) is 0 Å². The maximum atomic E-state index is 5.05. The lowest BCUT2D eigenvalue weighted by Gasteiger charge is -2.11. The molecule has 0 atom stereocenters. The Morgan fingerprint density at radius 1 is 0.605 bits per heavy atom. The minimum absolute atomic E-state index is 0.583. The number of thiophene rings is 1. The third-order valence-electron chi connectivity index (χ3n) is 6.82. The van der Waals surface area contributed by atoms with Gasteiger partial charge in [-0.1, -0.05) is 91.0 Å². The number of nitrogens with zero attached hydrogens (tertiary/aromatic N) is 6. The van der Waals surface area contributed by atoms with Crippen molar-refractivity contribution in [2.75, 3.05) is 0 Å². The van der Waals surface area contributed by atoms with Gasteiger partial charge in [-0.15, -0.1) is 11.3 Å². The molecule has 0 aliphatic heterocycles. The fraction of sp³-hybridized carbons (Fsp3) is 0. The van der Waals surface area contributed by atoms with Crippen molar-refractivity contribution in [1.82, 2.24) is 29.5 Å². The Balaban J connectivity index is 1.53. The number of rotatable bonds is 3. The predicted octanol–water partition coefficient (Wildman–Crippen LogP) is 7.46. The van der Waals surface area contributed by atoms with Gasteiger partial charge < -0.3 is 0 Å². The van der Waals surface area contributed by atoms with Crippen molar-refractivity contribution < 1.29 is 0 Å². The van der Waals surface area contributed by atoms with Crippen LogP contribution >= 0.6 is 11.3 Å². The van der Waals surface area contributed by atoms with Crippen LogP contribution in [0.15, 0.2) is 110 Å². The molecule has 0 aliphatic carbocycles. The Kier molecular flexibility index (Phi) is 4.59. The number of para-hydroxylation sites is 1. The summed E-state index contributed by atoms with van der Waals surface area (Å²) in [6.07, 6.45) is 3.49. The average Bonchev–Trinajstić information content (AvgIpc) is 3.54. The lowest BCUT2D eigenvalue weighted by Crippen LogP contribution is -2.06. The van der Waals surface area contributed by atoms with Crippen LogP contribution in [0, 0.1) is 0 Å². The molecular weight excluding hydrogens is 488 g/mol. The van der Waals surface area contributed by atoms with Crippen LogP contribution in [-0.4, -0.2) is 29.5 Å². The summed E-state index contributed by atoms with van der Waals surface area (Å²) in [7, 11) is 0. The molecule has 8 aromatic rings. The summed E-state index contributed by atoms with van der Waals surface area (Å²) in [5, 5.41) is 3.40. The van der Waals surface area contributed by atoms with E-state index in [0.717, 1.165) is 53.2 Å². The predicted molar refractivity (Wildman–Crippen MR) is 154 cm³/mol. The number of fused-ring (bicyclic) bond motifs is 7. The zero-order chi connectivity index (χ0) is 25.1. The van der Waals surface area contributed by atoms with Crippen LogP contribution in [0.25, 0.3) is 70.8 Å². The van der Waals surface area contributed by atoms with Crippen LogP contribution in [0.1, 0.15) is 0 Å². The van der Waals surface area contributed by atoms with E-state index in [0.29, 0.717) is 17.6 Å². The molecule has 0 fully saturated rings. The van der Waals surface area contributed by atoms with Crippen molar-refractivity contribution in [3.05, 3.63) is 110 Å². The van der Waals surface area contributed by atoms with Crippen molar-refractivity contribution in [2.24, 2.45) is 0 Å². The van der Waals surface area contributed by atoms with Gasteiger partial charge in [-0.25, -0.2) is 15.0 Å². The van der Waals surface area contributed by atoms with Gasteiger partial charge in [-0.3, -0.25) is 4.57 Å². The first-order valence-electron chi connectivity index (χ1n) is 12.3. The molecule has 0 unspecified atom stereocenters. The van der Waals surface area contributed by atoms with Crippen molar-refractivity contribution in [3.8, 4) is 28.7 Å². The maximum absolute atomic E-state index is 5.05. The summed E-state index contributed by atoms with van der Waals surface area (Å²) in [5.74, 6) is 1.85. The van der Waals surface area contributed by atoms with Crippen molar-refractivity contribution in [1.29, 1.82) is 0 Å². The molecule has 8 rings (SSSR count). The fourth-order valence-corrected chi connectivity index (χ4v) is 6.29. The summed E-state index contributed by atoms with van der Waals surface area (Å²) in [5.41, 5.74) is 4.95. The molecule has 178 valence electrons. The van der Waals surface area contributed by atoms with E-state index in [4.69, 9.17) is 15.0 Å². The second kappa shape index (κ2) is 8.26. The Morgan fingerprint density at radius 3 is 2.00 bits per heavy atom. The lowest BCUT2D eigenvalue weighted by molar-refractivity contribution is 0.955. The van der Waals surface area contributed by atoms with Gasteiger partial charge in [-0.2, -0.15) is 9.97 Å². The molecule has 38 heavy (non-hydrogen) atoms. The molecule has 6 nitrogen and oxygen atoms in total. The highest BCUT2D eigenvalue weighted by molar-refractivity contribution is 7.26. The summed E-state index contributed by atoms with van der Waals surface area (Å²) >= 11 is 1.70. The van der Waals surface area contributed by atoms with E-state index < -0.39 is 0 Å². The highest BCUT2D eigenvalue weighted by Crippen LogP contribution is 2.41. The highest BCUT2D eigenvalue weighted by Gasteiger charge is 2.21. The first-order chi connectivity index (χ1) is 18.8. The molecule has 0 aliphatic rings. The lowest BCUT2D eigenvalue weighted by atomic mass is 10.1. The Bertz CT molecular complexity index is 2070. The van der Waals surface area contributed by atoms with Gasteiger partial charge in [0.25, 0.3) is 0 Å². The minimum atomic E-state index is 0.583. The van der Waals surface area contributed by atoms with E-state index in [-0.39, 0.29) is 0 Å². The molecule has 0 N–H and O–H groups in total. The molecule has 4 aromatic carbocycles. The molecular formula is C31H18N6S. The third kappa shape index (κ3) is 3.16. The maximum Gasteiger partial charge on any atom is 0.238 e. The number of aromatic nitrogens is 6. The van der Waals surface area contributed by atoms with Crippen molar-refractivity contribution in [3.63, 3.8) is 0 Å².